The zero-order valence-electron chi connectivity index (χ0n) is 21.8. The Balaban J connectivity index is 1.41. The van der Waals surface area contributed by atoms with E-state index in [2.05, 4.69) is 21.3 Å². The zero-order valence-corrected chi connectivity index (χ0v) is 22.7. The summed E-state index contributed by atoms with van der Waals surface area (Å²) in [6.07, 6.45) is 2.14. The number of rotatable bonds is 8. The number of hydrogen-bond acceptors (Lipinski definition) is 6. The van der Waals surface area contributed by atoms with Crippen molar-refractivity contribution in [1.82, 2.24) is 19.4 Å². The number of hydrogen-bond donors (Lipinski definition) is 3. The molecule has 206 valence electrons. The van der Waals surface area contributed by atoms with E-state index in [-0.39, 0.29) is 18.7 Å². The Bertz CT molecular complexity index is 1380. The molecule has 1 aromatic heterocycles. The van der Waals surface area contributed by atoms with Crippen LogP contribution in [0.3, 0.4) is 0 Å². The fourth-order valence-corrected chi connectivity index (χ4v) is 4.39. The molecule has 0 aliphatic carbocycles. The zero-order chi connectivity index (χ0) is 28.2. The van der Waals surface area contributed by atoms with E-state index in [0.29, 0.717) is 24.5 Å². The highest BCUT2D eigenvalue weighted by Crippen LogP contribution is 2.37. The van der Waals surface area contributed by atoms with Crippen LogP contribution < -0.4 is 4.74 Å². The third-order valence-corrected chi connectivity index (χ3v) is 6.55. The molecule has 0 unspecified atom stereocenters. The molecular weight excluding hydrogens is 523 g/mol. The minimum Gasteiger partial charge on any atom is -0.487 e. The molecule has 0 bridgehead atoms. The molecule has 3 N–H and O–H groups in total. The minimum absolute atomic E-state index is 0.0189. The van der Waals surface area contributed by atoms with E-state index >= 15 is 0 Å². The number of nitrogens with zero attached hydrogens (tertiary/aromatic N) is 4. The first-order valence-electron chi connectivity index (χ1n) is 12.3. The van der Waals surface area contributed by atoms with Gasteiger partial charge in [0, 0.05) is 32.1 Å². The average Bonchev–Trinajstić information content (AvgIpc) is 3.36. The van der Waals surface area contributed by atoms with E-state index in [1.807, 2.05) is 48.5 Å². The van der Waals surface area contributed by atoms with E-state index in [1.54, 1.807) is 37.0 Å². The van der Waals surface area contributed by atoms with Crippen molar-refractivity contribution in [3.8, 4) is 28.7 Å². The van der Waals surface area contributed by atoms with Crippen molar-refractivity contribution in [1.29, 1.82) is 0 Å². The van der Waals surface area contributed by atoms with Crippen molar-refractivity contribution in [2.45, 2.75) is 25.2 Å². The van der Waals surface area contributed by atoms with Gasteiger partial charge in [0.2, 0.25) is 0 Å². The molecule has 2 amide bonds. The number of imidazole rings is 1. The number of likely N-dealkylation sites (tertiary alicyclic amines) is 1. The fourth-order valence-electron chi connectivity index (χ4n) is 4.05. The number of aromatic nitrogens is 2. The third-order valence-electron chi connectivity index (χ3n) is 6.07. The van der Waals surface area contributed by atoms with Crippen molar-refractivity contribution in [2.75, 3.05) is 33.8 Å². The summed E-state index contributed by atoms with van der Waals surface area (Å²) in [7, 11) is -1.25. The fraction of sp³-hybridized carbons (Fsp3) is 0.333. The molecule has 2 atom stereocenters. The number of benzene rings is 2. The lowest BCUT2D eigenvalue weighted by molar-refractivity contribution is 0.0356. The Labute approximate surface area is 226 Å². The normalized spacial score (nSPS) is 15.1. The van der Waals surface area contributed by atoms with Crippen LogP contribution in [0.2, 0.25) is 0 Å². The molecule has 0 spiro atoms. The minimum atomic E-state index is -4.71. The van der Waals surface area contributed by atoms with Crippen LogP contribution >= 0.6 is 7.82 Å². The van der Waals surface area contributed by atoms with Gasteiger partial charge in [-0.05, 0) is 42.3 Å². The summed E-state index contributed by atoms with van der Waals surface area (Å²) in [6.45, 7) is 2.29. The number of aliphatic hydroxyl groups is 1. The molecule has 1 saturated heterocycles. The summed E-state index contributed by atoms with van der Waals surface area (Å²) in [5, 5.41) is 9.97. The van der Waals surface area contributed by atoms with Gasteiger partial charge in [-0.15, -0.1) is 0 Å². The van der Waals surface area contributed by atoms with Gasteiger partial charge in [-0.1, -0.05) is 36.1 Å². The number of phosphoric ester groups is 1. The highest BCUT2D eigenvalue weighted by atomic mass is 31.2. The lowest BCUT2D eigenvalue weighted by atomic mass is 10.0. The first-order valence-corrected chi connectivity index (χ1v) is 13.8. The molecule has 3 aromatic rings. The van der Waals surface area contributed by atoms with Crippen LogP contribution in [0.4, 0.5) is 4.79 Å². The number of urea groups is 1. The van der Waals surface area contributed by atoms with E-state index in [4.69, 9.17) is 14.5 Å². The highest BCUT2D eigenvalue weighted by molar-refractivity contribution is 7.46. The number of phosphoric acid groups is 1. The summed E-state index contributed by atoms with van der Waals surface area (Å²) in [6, 6.07) is 14.5. The van der Waals surface area contributed by atoms with Gasteiger partial charge in [-0.2, -0.15) is 0 Å². The smallest absolute Gasteiger partial charge is 0.469 e. The number of aliphatic hydroxyl groups excluding tert-OH is 1. The summed E-state index contributed by atoms with van der Waals surface area (Å²) >= 11 is 0. The van der Waals surface area contributed by atoms with E-state index in [1.165, 1.54) is 10.8 Å². The molecule has 0 radical (unpaired) electrons. The van der Waals surface area contributed by atoms with Crippen LogP contribution in [-0.4, -0.2) is 80.2 Å². The van der Waals surface area contributed by atoms with Gasteiger partial charge >= 0.3 is 13.9 Å². The number of carbonyl (C=O) groups is 1. The predicted molar refractivity (Wildman–Crippen MR) is 144 cm³/mol. The lowest BCUT2D eigenvalue weighted by Crippen LogP contribution is -2.58. The second-order valence-corrected chi connectivity index (χ2v) is 10.6. The monoisotopic (exact) mass is 554 g/mol. The van der Waals surface area contributed by atoms with Gasteiger partial charge in [0.1, 0.15) is 29.8 Å². The summed E-state index contributed by atoms with van der Waals surface area (Å²) in [5.74, 6) is 7.03. The standard InChI is InChI=1S/C27H31N4O7P/c1-19(32)26-28-14-15-31(26)23(18-37-39(34,35)36)11-6-20-4-7-21(8-5-20)22-9-12-24(13-10-22)38-25-16-30(17-25)27(33)29(2)3/h4-5,7-10,12-15,19,23,25,32H,16-18H2,1-3H3,(H2,34,35,36)/t19-,23-/m0/s1. The van der Waals surface area contributed by atoms with Gasteiger partial charge in [-0.3, -0.25) is 4.52 Å². The third kappa shape index (κ3) is 7.47. The Morgan fingerprint density at radius 1 is 1.13 bits per heavy atom. The molecule has 1 aliphatic rings. The van der Waals surface area contributed by atoms with Crippen LogP contribution in [0.1, 0.15) is 30.5 Å². The Morgan fingerprint density at radius 3 is 2.31 bits per heavy atom. The molecule has 39 heavy (non-hydrogen) atoms. The SMILES string of the molecule is C[C@H](O)c1nccn1[C@@H](C#Cc1ccc(-c2ccc(OC3CN(C(=O)N(C)C)C3)cc2)cc1)COP(=O)(O)O. The largest absolute Gasteiger partial charge is 0.487 e. The molecule has 2 heterocycles. The van der Waals surface area contributed by atoms with Crippen LogP contribution in [0.15, 0.2) is 60.9 Å². The number of carbonyl (C=O) groups excluding carboxylic acids is 1. The maximum atomic E-state index is 11.9. The average molecular weight is 555 g/mol. The van der Waals surface area contributed by atoms with Gasteiger partial charge < -0.3 is 34.0 Å². The maximum Gasteiger partial charge on any atom is 0.469 e. The van der Waals surface area contributed by atoms with Crippen LogP contribution in [0.25, 0.3) is 11.1 Å². The van der Waals surface area contributed by atoms with Crippen molar-refractivity contribution in [3.63, 3.8) is 0 Å². The second-order valence-electron chi connectivity index (χ2n) is 9.36. The Morgan fingerprint density at radius 2 is 1.74 bits per heavy atom. The van der Waals surface area contributed by atoms with Crippen LogP contribution in [0.5, 0.6) is 5.75 Å². The van der Waals surface area contributed by atoms with E-state index in [9.17, 15) is 14.5 Å². The van der Waals surface area contributed by atoms with Crippen LogP contribution in [0, 0.1) is 11.8 Å². The summed E-state index contributed by atoms with van der Waals surface area (Å²) in [4.78, 5) is 37.6. The molecule has 2 aromatic carbocycles. The van der Waals surface area contributed by atoms with Crippen molar-refractivity contribution >= 4 is 13.9 Å². The van der Waals surface area contributed by atoms with Gasteiger partial charge in [0.15, 0.2) is 0 Å². The maximum absolute atomic E-state index is 11.9. The lowest BCUT2D eigenvalue weighted by Gasteiger charge is -2.40. The van der Waals surface area contributed by atoms with E-state index < -0.39 is 20.0 Å². The van der Waals surface area contributed by atoms with Gasteiger partial charge in [0.05, 0.1) is 19.7 Å². The molecule has 1 aliphatic heterocycles. The molecule has 11 nitrogen and oxygen atoms in total. The van der Waals surface area contributed by atoms with Crippen molar-refractivity contribution in [2.24, 2.45) is 0 Å². The number of ether oxygens (including phenoxy) is 1. The molecular formula is C27H31N4O7P. The predicted octanol–water partition coefficient (Wildman–Crippen LogP) is 3.05. The summed E-state index contributed by atoms with van der Waals surface area (Å²) < 4.78 is 23.4. The molecule has 1 fully saturated rings. The summed E-state index contributed by atoms with van der Waals surface area (Å²) in [5.41, 5.74) is 2.67. The molecule has 4 rings (SSSR count). The quantitative estimate of drug-likeness (QED) is 0.286. The highest BCUT2D eigenvalue weighted by Gasteiger charge is 2.33. The Hall–Kier alpha value is -3.65. The first kappa shape index (κ1) is 28.4. The second kappa shape index (κ2) is 12.0. The molecule has 12 heteroatoms. The Kier molecular flexibility index (Phi) is 8.75. The van der Waals surface area contributed by atoms with Crippen molar-refractivity contribution in [3.05, 3.63) is 72.3 Å². The van der Waals surface area contributed by atoms with Gasteiger partial charge in [0.25, 0.3) is 0 Å². The number of amides is 2. The first-order chi connectivity index (χ1) is 18.5. The van der Waals surface area contributed by atoms with Crippen LogP contribution in [-0.2, 0) is 9.09 Å². The van der Waals surface area contributed by atoms with Gasteiger partial charge in [-0.25, -0.2) is 14.3 Å². The van der Waals surface area contributed by atoms with E-state index in [0.717, 1.165) is 16.9 Å². The van der Waals surface area contributed by atoms with Crippen molar-refractivity contribution < 1.29 is 33.5 Å². The topological polar surface area (TPSA) is 138 Å². The molecule has 0 saturated carbocycles.